The zero-order valence-electron chi connectivity index (χ0n) is 20.3. The van der Waals surface area contributed by atoms with Gasteiger partial charge in [0.25, 0.3) is 5.91 Å². The Morgan fingerprint density at radius 3 is 2.64 bits per heavy atom. The van der Waals surface area contributed by atoms with Gasteiger partial charge in [-0.15, -0.1) is 11.3 Å². The summed E-state index contributed by atoms with van der Waals surface area (Å²) in [5.41, 5.74) is 2.59. The summed E-state index contributed by atoms with van der Waals surface area (Å²) in [5, 5.41) is 0.945. The molecule has 1 saturated heterocycles. The predicted molar refractivity (Wildman–Crippen MR) is 142 cm³/mol. The Labute approximate surface area is 213 Å². The quantitative estimate of drug-likeness (QED) is 0.399. The van der Waals surface area contributed by atoms with Gasteiger partial charge in [0, 0.05) is 44.1 Å². The van der Waals surface area contributed by atoms with Crippen LogP contribution in [-0.4, -0.2) is 53.1 Å². The summed E-state index contributed by atoms with van der Waals surface area (Å²) in [7, 11) is 0. The third-order valence-electron chi connectivity index (χ3n) is 7.25. The highest BCUT2D eigenvalue weighted by Crippen LogP contribution is 2.39. The van der Waals surface area contributed by atoms with Gasteiger partial charge in [0.15, 0.2) is 0 Å². The Morgan fingerprint density at radius 1 is 1.06 bits per heavy atom. The Bertz CT molecular complexity index is 1430. The number of hydrogen-bond acceptors (Lipinski definition) is 7. The molecule has 0 bridgehead atoms. The molecule has 1 aromatic carbocycles. The summed E-state index contributed by atoms with van der Waals surface area (Å²) < 4.78 is 13.9. The van der Waals surface area contributed by atoms with Gasteiger partial charge < -0.3 is 14.7 Å². The predicted octanol–water partition coefficient (Wildman–Crippen LogP) is 4.84. The Balaban J connectivity index is 1.32. The van der Waals surface area contributed by atoms with Crippen LogP contribution in [0.5, 0.6) is 0 Å². The number of rotatable bonds is 3. The maximum atomic E-state index is 13.9. The first kappa shape index (κ1) is 22.8. The fraction of sp³-hybridized carbons (Fsp3) is 0.333. The van der Waals surface area contributed by atoms with E-state index in [9.17, 15) is 9.18 Å². The molecule has 6 rings (SSSR count). The lowest BCUT2D eigenvalue weighted by Gasteiger charge is -2.36. The van der Waals surface area contributed by atoms with Crippen LogP contribution in [0.1, 0.15) is 34.1 Å². The minimum absolute atomic E-state index is 0.0327. The van der Waals surface area contributed by atoms with Gasteiger partial charge in [-0.3, -0.25) is 4.79 Å². The molecule has 9 heteroatoms. The zero-order chi connectivity index (χ0) is 24.8. The molecule has 0 saturated carbocycles. The zero-order valence-corrected chi connectivity index (χ0v) is 21.1. The van der Waals surface area contributed by atoms with E-state index in [0.29, 0.717) is 4.88 Å². The number of thiophene rings is 1. The fourth-order valence-electron chi connectivity index (χ4n) is 5.32. The van der Waals surface area contributed by atoms with Crippen molar-refractivity contribution in [2.75, 3.05) is 40.9 Å². The third-order valence-corrected chi connectivity index (χ3v) is 8.43. The SMILES string of the molecule is Cc1c(C(=O)N2c3ccc(F)cc3CCC2C)sc2ncnc(N3CCN(c4ccccn4)CC3)c12. The number of aryl methyl sites for hydroxylation is 2. The van der Waals surface area contributed by atoms with Gasteiger partial charge in [-0.2, -0.15) is 0 Å². The normalized spacial score (nSPS) is 18.0. The number of carbonyl (C=O) groups is 1. The monoisotopic (exact) mass is 502 g/mol. The van der Waals surface area contributed by atoms with Gasteiger partial charge in [-0.1, -0.05) is 6.07 Å². The number of anilines is 3. The number of fused-ring (bicyclic) bond motifs is 2. The van der Waals surface area contributed by atoms with E-state index in [4.69, 9.17) is 0 Å². The van der Waals surface area contributed by atoms with Crippen LogP contribution in [0.2, 0.25) is 0 Å². The number of nitrogens with zero attached hydrogens (tertiary/aromatic N) is 6. The molecule has 1 fully saturated rings. The molecule has 36 heavy (non-hydrogen) atoms. The van der Waals surface area contributed by atoms with Crippen molar-refractivity contribution in [3.8, 4) is 0 Å². The highest BCUT2D eigenvalue weighted by atomic mass is 32.1. The van der Waals surface area contributed by atoms with Gasteiger partial charge in [0.1, 0.15) is 28.6 Å². The average Bonchev–Trinajstić information content (AvgIpc) is 3.25. The van der Waals surface area contributed by atoms with E-state index < -0.39 is 0 Å². The van der Waals surface area contributed by atoms with Gasteiger partial charge >= 0.3 is 0 Å². The number of aromatic nitrogens is 3. The number of piperazine rings is 1. The lowest BCUT2D eigenvalue weighted by atomic mass is 9.96. The van der Waals surface area contributed by atoms with Crippen LogP contribution in [0, 0.1) is 12.7 Å². The first-order valence-corrected chi connectivity index (χ1v) is 13.1. The van der Waals surface area contributed by atoms with Crippen LogP contribution >= 0.6 is 11.3 Å². The highest BCUT2D eigenvalue weighted by Gasteiger charge is 2.32. The minimum Gasteiger partial charge on any atom is -0.353 e. The van der Waals surface area contributed by atoms with Crippen LogP contribution in [0.25, 0.3) is 10.2 Å². The summed E-state index contributed by atoms with van der Waals surface area (Å²) in [4.78, 5) is 35.4. The molecule has 0 N–H and O–H groups in total. The molecular weight excluding hydrogens is 475 g/mol. The van der Waals surface area contributed by atoms with E-state index in [0.717, 1.165) is 77.7 Å². The molecule has 1 amide bonds. The van der Waals surface area contributed by atoms with Crippen LogP contribution in [0.4, 0.5) is 21.7 Å². The topological polar surface area (TPSA) is 65.5 Å². The molecule has 2 aliphatic heterocycles. The standard InChI is InChI=1S/C27H27FN6OS/c1-17-6-7-19-15-20(28)8-9-21(19)34(17)27(35)24-18(2)23-25(30-16-31-26(23)36-24)33-13-11-32(12-14-33)22-5-3-4-10-29-22/h3-5,8-10,15-17H,6-7,11-14H2,1-2H3. The number of carbonyl (C=O) groups excluding carboxylic acids is 1. The average molecular weight is 503 g/mol. The Hall–Kier alpha value is -3.59. The summed E-state index contributed by atoms with van der Waals surface area (Å²) in [6.45, 7) is 7.35. The highest BCUT2D eigenvalue weighted by molar-refractivity contribution is 7.20. The number of benzene rings is 1. The van der Waals surface area contributed by atoms with Gasteiger partial charge in [0.2, 0.25) is 0 Å². The second kappa shape index (κ2) is 9.13. The van der Waals surface area contributed by atoms with E-state index in [1.807, 2.05) is 36.2 Å². The summed E-state index contributed by atoms with van der Waals surface area (Å²) >= 11 is 1.42. The van der Waals surface area contributed by atoms with Gasteiger partial charge in [-0.05, 0) is 68.1 Å². The number of amides is 1. The molecule has 0 spiro atoms. The van der Waals surface area contributed by atoms with Crippen molar-refractivity contribution in [3.05, 3.63) is 70.7 Å². The van der Waals surface area contributed by atoms with Crippen molar-refractivity contribution in [3.63, 3.8) is 0 Å². The first-order chi connectivity index (χ1) is 17.5. The van der Waals surface area contributed by atoms with Crippen molar-refractivity contribution in [2.45, 2.75) is 32.7 Å². The summed E-state index contributed by atoms with van der Waals surface area (Å²) in [6, 6.07) is 10.7. The molecule has 0 radical (unpaired) electrons. The molecule has 5 heterocycles. The van der Waals surface area contributed by atoms with Crippen molar-refractivity contribution in [1.29, 1.82) is 0 Å². The summed E-state index contributed by atoms with van der Waals surface area (Å²) in [5.74, 6) is 1.54. The first-order valence-electron chi connectivity index (χ1n) is 12.3. The molecular formula is C27H27FN6OS. The number of halogens is 1. The van der Waals surface area contributed by atoms with E-state index in [1.54, 1.807) is 18.5 Å². The smallest absolute Gasteiger partial charge is 0.268 e. The molecule has 0 aliphatic carbocycles. The molecule has 184 valence electrons. The molecule has 4 aromatic rings. The Morgan fingerprint density at radius 2 is 1.86 bits per heavy atom. The molecule has 2 aliphatic rings. The van der Waals surface area contributed by atoms with Crippen LogP contribution in [-0.2, 0) is 6.42 Å². The van der Waals surface area contributed by atoms with E-state index in [2.05, 4.69) is 31.7 Å². The summed E-state index contributed by atoms with van der Waals surface area (Å²) in [6.07, 6.45) is 4.98. The second-order valence-electron chi connectivity index (χ2n) is 9.43. The van der Waals surface area contributed by atoms with Crippen LogP contribution in [0.15, 0.2) is 48.9 Å². The van der Waals surface area contributed by atoms with Gasteiger partial charge in [-0.25, -0.2) is 19.3 Å². The van der Waals surface area contributed by atoms with Crippen molar-refractivity contribution >= 4 is 44.8 Å². The number of pyridine rings is 1. The molecule has 7 nitrogen and oxygen atoms in total. The van der Waals surface area contributed by atoms with Crippen molar-refractivity contribution in [1.82, 2.24) is 15.0 Å². The molecule has 1 atom stereocenters. The minimum atomic E-state index is -0.267. The second-order valence-corrected chi connectivity index (χ2v) is 10.4. The maximum Gasteiger partial charge on any atom is 0.268 e. The maximum absolute atomic E-state index is 13.9. The largest absolute Gasteiger partial charge is 0.353 e. The van der Waals surface area contributed by atoms with Crippen LogP contribution < -0.4 is 14.7 Å². The van der Waals surface area contributed by atoms with Crippen molar-refractivity contribution < 1.29 is 9.18 Å². The van der Waals surface area contributed by atoms with E-state index in [-0.39, 0.29) is 17.8 Å². The molecule has 1 unspecified atom stereocenters. The van der Waals surface area contributed by atoms with Crippen molar-refractivity contribution in [2.24, 2.45) is 0 Å². The third kappa shape index (κ3) is 3.87. The fourth-order valence-corrected chi connectivity index (χ4v) is 6.40. The number of hydrogen-bond donors (Lipinski definition) is 0. The van der Waals surface area contributed by atoms with Gasteiger partial charge in [0.05, 0.1) is 10.3 Å². The Kier molecular flexibility index (Phi) is 5.79. The van der Waals surface area contributed by atoms with Crippen LogP contribution in [0.3, 0.4) is 0 Å². The van der Waals surface area contributed by atoms with E-state index >= 15 is 0 Å². The van der Waals surface area contributed by atoms with E-state index in [1.165, 1.54) is 17.4 Å². The lowest BCUT2D eigenvalue weighted by Crippen LogP contribution is -2.47. The lowest BCUT2D eigenvalue weighted by molar-refractivity contribution is 0.0978. The molecule has 3 aromatic heterocycles.